The maximum atomic E-state index is 12.5. The lowest BCUT2D eigenvalue weighted by Gasteiger charge is -2.19. The quantitative estimate of drug-likeness (QED) is 0.0420. The predicted molar refractivity (Wildman–Crippen MR) is 318 cm³/mol. The van der Waals surface area contributed by atoms with Crippen LogP contribution < -0.4 is 5.32 Å². The number of nitrogens with one attached hydrogen (secondary N) is 1. The number of unbranched alkanes of at least 4 members (excludes halogenated alkanes) is 53. The Morgan fingerprint density at radius 2 is 0.549 bits per heavy atom. The molecule has 0 aliphatic rings. The van der Waals surface area contributed by atoms with Crippen LogP contribution in [0.15, 0.2) is 24.3 Å². The van der Waals surface area contributed by atoms with Crippen molar-refractivity contribution in [1.29, 1.82) is 0 Å². The molecule has 0 radical (unpaired) electrons. The largest absolute Gasteiger partial charge is 0.394 e. The fraction of sp³-hybridized carbons (Fsp3) is 0.925. The predicted octanol–water partition coefficient (Wildman–Crippen LogP) is 22.2. The summed E-state index contributed by atoms with van der Waals surface area (Å²) in [4.78, 5) is 12.5. The Bertz CT molecular complexity index is 1040. The van der Waals surface area contributed by atoms with Gasteiger partial charge in [0, 0.05) is 6.42 Å². The Hall–Kier alpha value is -1.13. The molecule has 422 valence electrons. The summed E-state index contributed by atoms with van der Waals surface area (Å²) in [5.41, 5.74) is 0. The lowest BCUT2D eigenvalue weighted by Crippen LogP contribution is -2.45. The molecule has 4 nitrogen and oxygen atoms in total. The van der Waals surface area contributed by atoms with Crippen LogP contribution in [-0.4, -0.2) is 34.9 Å². The van der Waals surface area contributed by atoms with Crippen LogP contribution in [0.25, 0.3) is 0 Å². The molecule has 0 fully saturated rings. The molecule has 0 spiro atoms. The van der Waals surface area contributed by atoms with E-state index in [1.54, 1.807) is 6.08 Å². The van der Waals surface area contributed by atoms with E-state index >= 15 is 0 Å². The summed E-state index contributed by atoms with van der Waals surface area (Å²) in [5.74, 6) is -0.0651. The van der Waals surface area contributed by atoms with Gasteiger partial charge >= 0.3 is 0 Å². The molecule has 2 unspecified atom stereocenters. The summed E-state index contributed by atoms with van der Waals surface area (Å²) in [6, 6.07) is -0.637. The zero-order valence-corrected chi connectivity index (χ0v) is 48.8. The fourth-order valence-electron chi connectivity index (χ4n) is 10.7. The minimum atomic E-state index is -0.860. The normalized spacial score (nSPS) is 12.8. The second kappa shape index (κ2) is 63.2. The molecule has 0 heterocycles. The first-order valence-electron chi connectivity index (χ1n) is 33.1. The second-order valence-electron chi connectivity index (χ2n) is 22.9. The van der Waals surface area contributed by atoms with Gasteiger partial charge in [-0.3, -0.25) is 4.79 Å². The van der Waals surface area contributed by atoms with Gasteiger partial charge in [0.15, 0.2) is 0 Å². The van der Waals surface area contributed by atoms with Crippen LogP contribution in [0.5, 0.6) is 0 Å². The number of aliphatic hydroxyl groups is 2. The molecule has 0 aliphatic heterocycles. The first kappa shape index (κ1) is 69.9. The van der Waals surface area contributed by atoms with E-state index in [0.717, 1.165) is 32.1 Å². The molecule has 2 atom stereocenters. The lowest BCUT2D eigenvalue weighted by atomic mass is 10.0. The highest BCUT2D eigenvalue weighted by Gasteiger charge is 2.18. The molecule has 0 rings (SSSR count). The summed E-state index contributed by atoms with van der Waals surface area (Å²) in [5, 5.41) is 23.2. The lowest BCUT2D eigenvalue weighted by molar-refractivity contribution is -0.123. The van der Waals surface area contributed by atoms with E-state index in [1.807, 2.05) is 6.08 Å². The summed E-state index contributed by atoms with van der Waals surface area (Å²) < 4.78 is 0. The van der Waals surface area contributed by atoms with E-state index in [1.165, 1.54) is 327 Å². The van der Waals surface area contributed by atoms with Crippen LogP contribution in [0.4, 0.5) is 0 Å². The van der Waals surface area contributed by atoms with Gasteiger partial charge in [-0.2, -0.15) is 0 Å². The van der Waals surface area contributed by atoms with Gasteiger partial charge in [-0.15, -0.1) is 0 Å². The number of hydrogen-bond donors (Lipinski definition) is 3. The van der Waals surface area contributed by atoms with Crippen LogP contribution in [0, 0.1) is 0 Å². The summed E-state index contributed by atoms with van der Waals surface area (Å²) >= 11 is 0. The van der Waals surface area contributed by atoms with Crippen molar-refractivity contribution in [2.75, 3.05) is 6.61 Å². The molecular weight excluding hydrogens is 867 g/mol. The standard InChI is InChI=1S/C67H131NO3/c1-3-5-7-9-11-13-15-17-19-21-23-25-26-27-28-29-30-31-32-33-34-35-36-37-38-39-40-41-43-45-47-49-51-53-55-57-59-61-63-67(71)68-65(64-69)66(70)62-60-58-56-54-52-50-48-46-44-42-24-22-20-18-16-14-12-10-8-6-4-2/h52,54,60,62,65-66,69-70H,3-51,53,55-59,61,63-64H2,1-2H3,(H,68,71)/b54-52+,62-60+. The molecule has 0 saturated heterocycles. The van der Waals surface area contributed by atoms with Gasteiger partial charge in [-0.05, 0) is 32.1 Å². The maximum absolute atomic E-state index is 12.5. The molecular formula is C67H131NO3. The van der Waals surface area contributed by atoms with Crippen molar-refractivity contribution in [1.82, 2.24) is 5.32 Å². The molecule has 0 saturated carbocycles. The minimum absolute atomic E-state index is 0.0651. The van der Waals surface area contributed by atoms with Crippen LogP contribution >= 0.6 is 0 Å². The smallest absolute Gasteiger partial charge is 0.220 e. The average molecular weight is 999 g/mol. The van der Waals surface area contributed by atoms with Gasteiger partial charge in [0.1, 0.15) is 0 Å². The summed E-state index contributed by atoms with van der Waals surface area (Å²) in [6.07, 6.45) is 85.5. The Morgan fingerprint density at radius 3 is 0.817 bits per heavy atom. The van der Waals surface area contributed by atoms with Gasteiger partial charge in [0.05, 0.1) is 18.8 Å². The van der Waals surface area contributed by atoms with Crippen molar-refractivity contribution in [3.63, 3.8) is 0 Å². The Balaban J connectivity index is 3.40. The second-order valence-corrected chi connectivity index (χ2v) is 22.9. The van der Waals surface area contributed by atoms with Crippen LogP contribution in [0.1, 0.15) is 380 Å². The monoisotopic (exact) mass is 998 g/mol. The topological polar surface area (TPSA) is 69.6 Å². The zero-order valence-electron chi connectivity index (χ0n) is 48.8. The third-order valence-electron chi connectivity index (χ3n) is 15.7. The molecule has 71 heavy (non-hydrogen) atoms. The number of hydrogen-bond acceptors (Lipinski definition) is 3. The Labute approximate surface area is 447 Å². The van der Waals surface area contributed by atoms with Crippen LogP contribution in [0.2, 0.25) is 0 Å². The van der Waals surface area contributed by atoms with Gasteiger partial charge in [-0.1, -0.05) is 366 Å². The Morgan fingerprint density at radius 1 is 0.324 bits per heavy atom. The van der Waals surface area contributed by atoms with E-state index in [0.29, 0.717) is 6.42 Å². The fourth-order valence-corrected chi connectivity index (χ4v) is 10.7. The molecule has 0 aliphatic carbocycles. The van der Waals surface area contributed by atoms with Gasteiger partial charge in [0.25, 0.3) is 0 Å². The first-order chi connectivity index (χ1) is 35.2. The van der Waals surface area contributed by atoms with Crippen molar-refractivity contribution < 1.29 is 15.0 Å². The number of amides is 1. The number of allylic oxidation sites excluding steroid dienone is 3. The zero-order chi connectivity index (χ0) is 51.3. The molecule has 3 N–H and O–H groups in total. The first-order valence-corrected chi connectivity index (χ1v) is 33.1. The van der Waals surface area contributed by atoms with E-state index in [2.05, 4.69) is 31.3 Å². The molecule has 4 heteroatoms. The number of aliphatic hydroxyl groups excluding tert-OH is 2. The highest BCUT2D eigenvalue weighted by atomic mass is 16.3. The van der Waals surface area contributed by atoms with Crippen molar-refractivity contribution in [3.8, 4) is 0 Å². The van der Waals surface area contributed by atoms with Gasteiger partial charge in [0.2, 0.25) is 5.91 Å². The molecule has 0 bridgehead atoms. The summed E-state index contributed by atoms with van der Waals surface area (Å²) in [6.45, 7) is 4.34. The van der Waals surface area contributed by atoms with Crippen LogP contribution in [0.3, 0.4) is 0 Å². The maximum Gasteiger partial charge on any atom is 0.220 e. The third-order valence-corrected chi connectivity index (χ3v) is 15.7. The van der Waals surface area contributed by atoms with Crippen molar-refractivity contribution in [2.24, 2.45) is 0 Å². The number of rotatable bonds is 62. The number of carbonyl (C=O) groups is 1. The number of carbonyl (C=O) groups excluding carboxylic acids is 1. The minimum Gasteiger partial charge on any atom is -0.394 e. The third kappa shape index (κ3) is 59.6. The SMILES string of the molecule is CCCCCCCCCCCCCCCCC/C=C/CC/C=C/C(O)C(CO)NC(=O)CCCCCCCCCCCCCCCCCCCCCCCCCCCCCCCCCCCCCCCC. The van der Waals surface area contributed by atoms with Gasteiger partial charge in [-0.25, -0.2) is 0 Å². The average Bonchev–Trinajstić information content (AvgIpc) is 3.37. The van der Waals surface area contributed by atoms with Crippen LogP contribution in [-0.2, 0) is 4.79 Å². The van der Waals surface area contributed by atoms with E-state index in [-0.39, 0.29) is 12.5 Å². The highest BCUT2D eigenvalue weighted by Crippen LogP contribution is 2.19. The molecule has 0 aromatic rings. The highest BCUT2D eigenvalue weighted by molar-refractivity contribution is 5.76. The van der Waals surface area contributed by atoms with Crippen molar-refractivity contribution >= 4 is 5.91 Å². The Kier molecular flexibility index (Phi) is 62.2. The van der Waals surface area contributed by atoms with Crippen molar-refractivity contribution in [2.45, 2.75) is 392 Å². The molecule has 0 aromatic carbocycles. The van der Waals surface area contributed by atoms with E-state index in [9.17, 15) is 15.0 Å². The van der Waals surface area contributed by atoms with E-state index in [4.69, 9.17) is 0 Å². The van der Waals surface area contributed by atoms with Crippen molar-refractivity contribution in [3.05, 3.63) is 24.3 Å². The van der Waals surface area contributed by atoms with E-state index < -0.39 is 12.1 Å². The van der Waals surface area contributed by atoms with Gasteiger partial charge < -0.3 is 15.5 Å². The summed E-state index contributed by atoms with van der Waals surface area (Å²) in [7, 11) is 0. The molecule has 1 amide bonds. The molecule has 0 aromatic heterocycles.